The molecule has 0 aliphatic heterocycles. The van der Waals surface area contributed by atoms with Crippen molar-refractivity contribution in [1.82, 2.24) is 14.9 Å². The standard InChI is InChI=1S/C13H25N5/c1-6-18(9-7-8-17(4)5)13-11(2)12(14-3)15-10-16-13/h10H,6-9H2,1-5H3,(H,14,15,16). The number of rotatable bonds is 7. The lowest BCUT2D eigenvalue weighted by atomic mass is 10.2. The van der Waals surface area contributed by atoms with Crippen LogP contribution in [0.3, 0.4) is 0 Å². The average Bonchev–Trinajstić information content (AvgIpc) is 2.35. The number of hydrogen-bond donors (Lipinski definition) is 1. The van der Waals surface area contributed by atoms with Crippen LogP contribution in [0.5, 0.6) is 0 Å². The van der Waals surface area contributed by atoms with Crippen LogP contribution in [-0.4, -0.2) is 55.6 Å². The summed E-state index contributed by atoms with van der Waals surface area (Å²) in [5, 5.41) is 3.10. The third kappa shape index (κ3) is 3.84. The van der Waals surface area contributed by atoms with Gasteiger partial charge in [0.2, 0.25) is 0 Å². The molecule has 0 fully saturated rings. The predicted molar refractivity (Wildman–Crippen MR) is 77.4 cm³/mol. The zero-order valence-electron chi connectivity index (χ0n) is 12.2. The third-order valence-corrected chi connectivity index (χ3v) is 3.01. The van der Waals surface area contributed by atoms with Crippen molar-refractivity contribution >= 4 is 11.6 Å². The highest BCUT2D eigenvalue weighted by molar-refractivity contribution is 5.57. The molecule has 0 aliphatic carbocycles. The Morgan fingerprint density at radius 2 is 1.94 bits per heavy atom. The van der Waals surface area contributed by atoms with E-state index in [0.717, 1.165) is 43.3 Å². The molecule has 0 bridgehead atoms. The monoisotopic (exact) mass is 251 g/mol. The zero-order chi connectivity index (χ0) is 13.5. The highest BCUT2D eigenvalue weighted by atomic mass is 15.2. The van der Waals surface area contributed by atoms with Crippen LogP contribution in [0.4, 0.5) is 11.6 Å². The molecule has 5 nitrogen and oxygen atoms in total. The van der Waals surface area contributed by atoms with Crippen molar-refractivity contribution in [3.63, 3.8) is 0 Å². The van der Waals surface area contributed by atoms with Crippen LogP contribution in [0.1, 0.15) is 18.9 Å². The number of anilines is 2. The van der Waals surface area contributed by atoms with E-state index < -0.39 is 0 Å². The Labute approximate surface area is 110 Å². The lowest BCUT2D eigenvalue weighted by Gasteiger charge is -2.24. The summed E-state index contributed by atoms with van der Waals surface area (Å²) in [5.41, 5.74) is 1.12. The van der Waals surface area contributed by atoms with E-state index in [2.05, 4.69) is 53.0 Å². The highest BCUT2D eigenvalue weighted by Gasteiger charge is 2.12. The molecule has 102 valence electrons. The molecule has 1 aromatic heterocycles. The second kappa shape index (κ2) is 7.16. The van der Waals surface area contributed by atoms with Gasteiger partial charge in [0.1, 0.15) is 18.0 Å². The maximum atomic E-state index is 4.42. The van der Waals surface area contributed by atoms with Crippen molar-refractivity contribution in [3.8, 4) is 0 Å². The molecule has 1 aromatic rings. The summed E-state index contributed by atoms with van der Waals surface area (Å²) in [4.78, 5) is 13.2. The van der Waals surface area contributed by atoms with E-state index in [1.54, 1.807) is 6.33 Å². The Bertz CT molecular complexity index is 364. The van der Waals surface area contributed by atoms with Gasteiger partial charge in [-0.05, 0) is 40.9 Å². The van der Waals surface area contributed by atoms with Crippen LogP contribution in [0.25, 0.3) is 0 Å². The smallest absolute Gasteiger partial charge is 0.137 e. The van der Waals surface area contributed by atoms with Gasteiger partial charge in [0.15, 0.2) is 0 Å². The fourth-order valence-corrected chi connectivity index (χ4v) is 2.00. The van der Waals surface area contributed by atoms with Crippen molar-refractivity contribution in [2.75, 3.05) is 51.0 Å². The first-order valence-corrected chi connectivity index (χ1v) is 6.49. The molecular formula is C13H25N5. The van der Waals surface area contributed by atoms with Crippen LogP contribution < -0.4 is 10.2 Å². The Balaban J connectivity index is 2.75. The summed E-state index contributed by atoms with van der Waals surface area (Å²) in [6, 6.07) is 0. The summed E-state index contributed by atoms with van der Waals surface area (Å²) in [6.07, 6.45) is 2.77. The number of nitrogens with zero attached hydrogens (tertiary/aromatic N) is 4. The SMILES string of the molecule is CCN(CCCN(C)C)c1ncnc(NC)c1C. The van der Waals surface area contributed by atoms with Crippen LogP contribution in [0.2, 0.25) is 0 Å². The first-order valence-electron chi connectivity index (χ1n) is 6.49. The summed E-state index contributed by atoms with van der Waals surface area (Å²) in [5.74, 6) is 1.95. The van der Waals surface area contributed by atoms with Gasteiger partial charge in [-0.2, -0.15) is 0 Å². The Morgan fingerprint density at radius 1 is 1.22 bits per heavy atom. The van der Waals surface area contributed by atoms with E-state index in [9.17, 15) is 0 Å². The van der Waals surface area contributed by atoms with Crippen molar-refractivity contribution in [1.29, 1.82) is 0 Å². The fraction of sp³-hybridized carbons (Fsp3) is 0.692. The van der Waals surface area contributed by atoms with Gasteiger partial charge in [0, 0.05) is 25.7 Å². The maximum Gasteiger partial charge on any atom is 0.137 e. The molecule has 1 N–H and O–H groups in total. The first-order chi connectivity index (χ1) is 8.60. The molecule has 0 atom stereocenters. The lowest BCUT2D eigenvalue weighted by molar-refractivity contribution is 0.400. The van der Waals surface area contributed by atoms with Gasteiger partial charge in [-0.15, -0.1) is 0 Å². The minimum atomic E-state index is 0.908. The van der Waals surface area contributed by atoms with Crippen LogP contribution in [0, 0.1) is 6.92 Å². The van der Waals surface area contributed by atoms with Crippen molar-refractivity contribution in [2.24, 2.45) is 0 Å². The molecule has 0 aromatic carbocycles. The lowest BCUT2D eigenvalue weighted by Crippen LogP contribution is -2.28. The van der Waals surface area contributed by atoms with Crippen molar-refractivity contribution < 1.29 is 0 Å². The van der Waals surface area contributed by atoms with Crippen LogP contribution in [0.15, 0.2) is 6.33 Å². The quantitative estimate of drug-likeness (QED) is 0.797. The zero-order valence-corrected chi connectivity index (χ0v) is 12.2. The van der Waals surface area contributed by atoms with E-state index >= 15 is 0 Å². The summed E-state index contributed by atoms with van der Waals surface area (Å²) < 4.78 is 0. The summed E-state index contributed by atoms with van der Waals surface area (Å²) in [6.45, 7) is 7.32. The third-order valence-electron chi connectivity index (χ3n) is 3.01. The fourth-order valence-electron chi connectivity index (χ4n) is 2.00. The molecule has 0 unspecified atom stereocenters. The van der Waals surface area contributed by atoms with Gasteiger partial charge >= 0.3 is 0 Å². The molecule has 18 heavy (non-hydrogen) atoms. The molecule has 0 spiro atoms. The second-order valence-corrected chi connectivity index (χ2v) is 4.66. The Hall–Kier alpha value is -1.36. The van der Waals surface area contributed by atoms with E-state index in [4.69, 9.17) is 0 Å². The minimum Gasteiger partial charge on any atom is -0.373 e. The van der Waals surface area contributed by atoms with Crippen LogP contribution >= 0.6 is 0 Å². The molecular weight excluding hydrogens is 226 g/mol. The van der Waals surface area contributed by atoms with Gasteiger partial charge in [0.25, 0.3) is 0 Å². The van der Waals surface area contributed by atoms with E-state index in [0.29, 0.717) is 0 Å². The molecule has 0 saturated carbocycles. The molecule has 5 heteroatoms. The highest BCUT2D eigenvalue weighted by Crippen LogP contribution is 2.21. The average molecular weight is 251 g/mol. The summed E-state index contributed by atoms with van der Waals surface area (Å²) in [7, 11) is 6.10. The second-order valence-electron chi connectivity index (χ2n) is 4.66. The van der Waals surface area contributed by atoms with E-state index in [1.165, 1.54) is 0 Å². The van der Waals surface area contributed by atoms with Gasteiger partial charge < -0.3 is 15.1 Å². The maximum absolute atomic E-state index is 4.42. The molecule has 1 heterocycles. The summed E-state index contributed by atoms with van der Waals surface area (Å²) >= 11 is 0. The molecule has 0 radical (unpaired) electrons. The van der Waals surface area contributed by atoms with E-state index in [1.807, 2.05) is 7.05 Å². The molecule has 0 amide bonds. The molecule has 0 saturated heterocycles. The Kier molecular flexibility index (Phi) is 5.85. The molecule has 0 aliphatic rings. The topological polar surface area (TPSA) is 44.3 Å². The predicted octanol–water partition coefficient (Wildman–Crippen LogP) is 1.60. The normalized spacial score (nSPS) is 10.8. The largest absolute Gasteiger partial charge is 0.373 e. The number of nitrogens with one attached hydrogen (secondary N) is 1. The van der Waals surface area contributed by atoms with Crippen molar-refractivity contribution in [3.05, 3.63) is 11.9 Å². The molecule has 1 rings (SSSR count). The van der Waals surface area contributed by atoms with Crippen molar-refractivity contribution in [2.45, 2.75) is 20.3 Å². The van der Waals surface area contributed by atoms with E-state index in [-0.39, 0.29) is 0 Å². The van der Waals surface area contributed by atoms with Crippen LogP contribution in [-0.2, 0) is 0 Å². The first kappa shape index (κ1) is 14.7. The van der Waals surface area contributed by atoms with Gasteiger partial charge in [-0.3, -0.25) is 0 Å². The number of hydrogen-bond acceptors (Lipinski definition) is 5. The van der Waals surface area contributed by atoms with Gasteiger partial charge in [-0.1, -0.05) is 0 Å². The minimum absolute atomic E-state index is 0.908. The van der Waals surface area contributed by atoms with Gasteiger partial charge in [0.05, 0.1) is 0 Å². The Morgan fingerprint density at radius 3 is 2.50 bits per heavy atom. The number of aromatic nitrogens is 2. The van der Waals surface area contributed by atoms with Gasteiger partial charge in [-0.25, -0.2) is 9.97 Å².